The molecule has 0 bridgehead atoms. The fourth-order valence-corrected chi connectivity index (χ4v) is 2.27. The van der Waals surface area contributed by atoms with E-state index < -0.39 is 0 Å². The van der Waals surface area contributed by atoms with Gasteiger partial charge in [0.15, 0.2) is 0 Å². The maximum Gasteiger partial charge on any atom is 0.0976 e. The van der Waals surface area contributed by atoms with Gasteiger partial charge in [0.25, 0.3) is 0 Å². The molecule has 0 saturated heterocycles. The predicted molar refractivity (Wildman–Crippen MR) is 55.7 cm³/mol. The van der Waals surface area contributed by atoms with E-state index >= 15 is 0 Å². The first kappa shape index (κ1) is 11.5. The van der Waals surface area contributed by atoms with Crippen molar-refractivity contribution in [2.75, 3.05) is 7.05 Å². The highest BCUT2D eigenvalue weighted by molar-refractivity contribution is 4.94. The molecule has 14 heavy (non-hydrogen) atoms. The van der Waals surface area contributed by atoms with Gasteiger partial charge in [-0.2, -0.15) is 5.26 Å². The molecule has 3 heteroatoms. The molecule has 80 valence electrons. The number of rotatable bonds is 3. The summed E-state index contributed by atoms with van der Waals surface area (Å²) in [7, 11) is 1.95. The molecule has 0 aromatic carbocycles. The molecule has 1 rings (SSSR count). The molecule has 0 spiro atoms. The lowest BCUT2D eigenvalue weighted by molar-refractivity contribution is 0.0216. The molecular weight excluding hydrogens is 176 g/mol. The molecule has 1 N–H and O–H groups in total. The van der Waals surface area contributed by atoms with Crippen molar-refractivity contribution in [2.24, 2.45) is 0 Å². The van der Waals surface area contributed by atoms with Crippen LogP contribution >= 0.6 is 0 Å². The molecule has 0 radical (unpaired) electrons. The fourth-order valence-electron chi connectivity index (χ4n) is 2.27. The van der Waals surface area contributed by atoms with E-state index in [-0.39, 0.29) is 18.2 Å². The Hall–Kier alpha value is -0.590. The Bertz CT molecular complexity index is 212. The highest BCUT2D eigenvalue weighted by Gasteiger charge is 2.29. The Labute approximate surface area is 86.3 Å². The van der Waals surface area contributed by atoms with Crippen LogP contribution < -0.4 is 0 Å². The molecule has 1 aliphatic rings. The third-order valence-electron chi connectivity index (χ3n) is 3.24. The summed E-state index contributed by atoms with van der Waals surface area (Å²) in [6.45, 7) is 2.01. The van der Waals surface area contributed by atoms with Gasteiger partial charge in [0.1, 0.15) is 0 Å². The third kappa shape index (κ3) is 2.46. The number of hydrogen-bond donors (Lipinski definition) is 1. The monoisotopic (exact) mass is 196 g/mol. The van der Waals surface area contributed by atoms with Crippen LogP contribution in [0.25, 0.3) is 0 Å². The van der Waals surface area contributed by atoms with E-state index in [1.807, 2.05) is 18.9 Å². The summed E-state index contributed by atoms with van der Waals surface area (Å²) in [6.07, 6.45) is 4.79. The van der Waals surface area contributed by atoms with E-state index in [0.29, 0.717) is 0 Å². The van der Waals surface area contributed by atoms with E-state index in [4.69, 9.17) is 5.26 Å². The zero-order valence-corrected chi connectivity index (χ0v) is 9.11. The Morgan fingerprint density at radius 3 is 2.64 bits per heavy atom. The van der Waals surface area contributed by atoms with Crippen LogP contribution in [-0.2, 0) is 0 Å². The van der Waals surface area contributed by atoms with Crippen LogP contribution in [-0.4, -0.2) is 35.2 Å². The summed E-state index contributed by atoms with van der Waals surface area (Å²) in [4.78, 5) is 2.05. The van der Waals surface area contributed by atoms with Gasteiger partial charge >= 0.3 is 0 Å². The van der Waals surface area contributed by atoms with Gasteiger partial charge < -0.3 is 5.11 Å². The summed E-state index contributed by atoms with van der Waals surface area (Å²) >= 11 is 0. The zero-order valence-electron chi connectivity index (χ0n) is 9.11. The van der Waals surface area contributed by atoms with Gasteiger partial charge in [0.05, 0.1) is 18.2 Å². The van der Waals surface area contributed by atoms with Crippen molar-refractivity contribution in [3.05, 3.63) is 0 Å². The largest absolute Gasteiger partial charge is 0.391 e. The summed E-state index contributed by atoms with van der Waals surface area (Å²) in [5, 5.41) is 18.8. The van der Waals surface area contributed by atoms with Crippen molar-refractivity contribution < 1.29 is 5.11 Å². The number of nitriles is 1. The maximum atomic E-state index is 9.83. The van der Waals surface area contributed by atoms with Crippen molar-refractivity contribution in [2.45, 2.75) is 57.2 Å². The van der Waals surface area contributed by atoms with E-state index in [1.54, 1.807) is 0 Å². The Balaban J connectivity index is 2.57. The molecular formula is C11H20N2O. The highest BCUT2D eigenvalue weighted by atomic mass is 16.3. The van der Waals surface area contributed by atoms with E-state index in [9.17, 15) is 5.11 Å². The third-order valence-corrected chi connectivity index (χ3v) is 3.24. The molecule has 0 aromatic heterocycles. The molecule has 1 fully saturated rings. The quantitative estimate of drug-likeness (QED) is 0.744. The Morgan fingerprint density at radius 2 is 2.14 bits per heavy atom. The van der Waals surface area contributed by atoms with Crippen LogP contribution in [0, 0.1) is 11.3 Å². The van der Waals surface area contributed by atoms with Gasteiger partial charge in [-0.1, -0.05) is 19.8 Å². The minimum atomic E-state index is -0.240. The number of aliphatic hydroxyl groups is 1. The van der Waals surface area contributed by atoms with Gasteiger partial charge in [-0.15, -0.1) is 0 Å². The van der Waals surface area contributed by atoms with Gasteiger partial charge in [-0.05, 0) is 26.3 Å². The first-order chi connectivity index (χ1) is 6.70. The van der Waals surface area contributed by atoms with Crippen LogP contribution in [0.1, 0.15) is 39.0 Å². The van der Waals surface area contributed by atoms with Crippen molar-refractivity contribution in [1.29, 1.82) is 5.26 Å². The second-order valence-electron chi connectivity index (χ2n) is 4.14. The standard InChI is InChI=1S/C11H20N2O/c1-3-9(8-12)13(2)10-6-4-5-7-11(10)14/h9-11,14H,3-7H2,1-2H3. The van der Waals surface area contributed by atoms with Crippen LogP contribution in [0.4, 0.5) is 0 Å². The molecule has 3 nitrogen and oxygen atoms in total. The number of likely N-dealkylation sites (N-methyl/N-ethyl adjacent to an activating group) is 1. The molecule has 1 aliphatic carbocycles. The molecule has 3 unspecified atom stereocenters. The zero-order chi connectivity index (χ0) is 10.6. The Morgan fingerprint density at radius 1 is 1.50 bits per heavy atom. The minimum Gasteiger partial charge on any atom is -0.391 e. The summed E-state index contributed by atoms with van der Waals surface area (Å²) in [6, 6.07) is 2.42. The SMILES string of the molecule is CCC(C#N)N(C)C1CCCCC1O. The summed E-state index contributed by atoms with van der Waals surface area (Å²) in [5.74, 6) is 0. The van der Waals surface area contributed by atoms with Crippen molar-refractivity contribution in [3.63, 3.8) is 0 Å². The van der Waals surface area contributed by atoms with Crippen molar-refractivity contribution in [1.82, 2.24) is 4.90 Å². The molecule has 1 saturated carbocycles. The molecule has 0 heterocycles. The maximum absolute atomic E-state index is 9.83. The lowest BCUT2D eigenvalue weighted by Gasteiger charge is -2.37. The normalized spacial score (nSPS) is 29.9. The molecule has 0 aliphatic heterocycles. The van der Waals surface area contributed by atoms with Gasteiger partial charge in [0, 0.05) is 6.04 Å². The minimum absolute atomic E-state index is 0.0484. The van der Waals surface area contributed by atoms with Crippen LogP contribution in [0.3, 0.4) is 0 Å². The summed E-state index contributed by atoms with van der Waals surface area (Å²) < 4.78 is 0. The van der Waals surface area contributed by atoms with E-state index in [2.05, 4.69) is 6.07 Å². The number of nitrogens with zero attached hydrogens (tertiary/aromatic N) is 2. The van der Waals surface area contributed by atoms with Crippen molar-refractivity contribution in [3.8, 4) is 6.07 Å². The van der Waals surface area contributed by atoms with Crippen LogP contribution in [0.2, 0.25) is 0 Å². The van der Waals surface area contributed by atoms with E-state index in [0.717, 1.165) is 25.7 Å². The molecule has 3 atom stereocenters. The second-order valence-corrected chi connectivity index (χ2v) is 4.14. The number of aliphatic hydroxyl groups excluding tert-OH is 1. The average molecular weight is 196 g/mol. The molecule has 0 aromatic rings. The van der Waals surface area contributed by atoms with Crippen LogP contribution in [0.5, 0.6) is 0 Å². The fraction of sp³-hybridized carbons (Fsp3) is 0.909. The van der Waals surface area contributed by atoms with Gasteiger partial charge in [0.2, 0.25) is 0 Å². The van der Waals surface area contributed by atoms with Crippen LogP contribution in [0.15, 0.2) is 0 Å². The lowest BCUT2D eigenvalue weighted by atomic mass is 9.90. The first-order valence-corrected chi connectivity index (χ1v) is 5.50. The smallest absolute Gasteiger partial charge is 0.0976 e. The first-order valence-electron chi connectivity index (χ1n) is 5.50. The highest BCUT2D eigenvalue weighted by Crippen LogP contribution is 2.24. The topological polar surface area (TPSA) is 47.3 Å². The van der Waals surface area contributed by atoms with Gasteiger partial charge in [-0.25, -0.2) is 0 Å². The molecule has 0 amide bonds. The lowest BCUT2D eigenvalue weighted by Crippen LogP contribution is -2.47. The predicted octanol–water partition coefficient (Wildman–Crippen LogP) is 1.52. The Kier molecular flexibility index (Phi) is 4.37. The van der Waals surface area contributed by atoms with Gasteiger partial charge in [-0.3, -0.25) is 4.90 Å². The second kappa shape index (κ2) is 5.33. The van der Waals surface area contributed by atoms with Crippen molar-refractivity contribution >= 4 is 0 Å². The van der Waals surface area contributed by atoms with E-state index in [1.165, 1.54) is 6.42 Å². The number of hydrogen-bond acceptors (Lipinski definition) is 3. The average Bonchev–Trinajstić information content (AvgIpc) is 2.20. The summed E-state index contributed by atoms with van der Waals surface area (Å²) in [5.41, 5.74) is 0.